The van der Waals surface area contributed by atoms with Crippen LogP contribution in [-0.4, -0.2) is 16.8 Å². The van der Waals surface area contributed by atoms with Crippen molar-refractivity contribution in [2.24, 2.45) is 0 Å². The zero-order valence-corrected chi connectivity index (χ0v) is 17.2. The van der Waals surface area contributed by atoms with Gasteiger partial charge in [-0.05, 0) is 53.9 Å². The Bertz CT molecular complexity index is 1300. The molecule has 4 aromatic carbocycles. The normalized spacial score (nSPS) is 15.7. The highest BCUT2D eigenvalue weighted by Crippen LogP contribution is 2.50. The van der Waals surface area contributed by atoms with Crippen LogP contribution in [0.2, 0.25) is 0 Å². The molecule has 0 saturated carbocycles. The van der Waals surface area contributed by atoms with Crippen LogP contribution in [0.1, 0.15) is 32.6 Å². The molecule has 0 fully saturated rings. The van der Waals surface area contributed by atoms with Gasteiger partial charge in [0, 0.05) is 11.1 Å². The van der Waals surface area contributed by atoms with Crippen molar-refractivity contribution in [2.45, 2.75) is 32.6 Å². The first-order valence-electron chi connectivity index (χ1n) is 10.1. The molecule has 1 unspecified atom stereocenters. The predicted octanol–water partition coefficient (Wildman–Crippen LogP) is 6.41. The standard InChI is InChI=1S/C26H23NO3/c1-26(2,3)30-25(29)27-21-15-13-17-9-5-7-11-19(17)23(21)22-18-10-6-4-8-16(18)12-14-20(22)24(27)28/h4-15,24,28H,1-3H3. The summed E-state index contributed by atoms with van der Waals surface area (Å²) in [6.45, 7) is 5.47. The zero-order chi connectivity index (χ0) is 21.0. The van der Waals surface area contributed by atoms with Gasteiger partial charge in [-0.25, -0.2) is 9.69 Å². The maximum atomic E-state index is 13.1. The second-order valence-corrected chi connectivity index (χ2v) is 8.66. The van der Waals surface area contributed by atoms with Gasteiger partial charge in [-0.1, -0.05) is 66.7 Å². The summed E-state index contributed by atoms with van der Waals surface area (Å²) in [6.07, 6.45) is -1.70. The van der Waals surface area contributed by atoms with E-state index in [1.165, 1.54) is 4.90 Å². The van der Waals surface area contributed by atoms with Gasteiger partial charge in [0.1, 0.15) is 5.60 Å². The number of carbonyl (C=O) groups is 1. The summed E-state index contributed by atoms with van der Waals surface area (Å²) in [6, 6.07) is 24.0. The monoisotopic (exact) mass is 397 g/mol. The number of carbonyl (C=O) groups excluding carboxylic acids is 1. The van der Waals surface area contributed by atoms with Crippen molar-refractivity contribution in [3.8, 4) is 11.1 Å². The summed E-state index contributed by atoms with van der Waals surface area (Å²) in [5.74, 6) is 0. The molecule has 1 atom stereocenters. The Hall–Kier alpha value is -3.37. The van der Waals surface area contributed by atoms with E-state index in [9.17, 15) is 9.90 Å². The van der Waals surface area contributed by atoms with Gasteiger partial charge < -0.3 is 9.84 Å². The molecule has 30 heavy (non-hydrogen) atoms. The first-order valence-corrected chi connectivity index (χ1v) is 10.1. The van der Waals surface area contributed by atoms with E-state index in [4.69, 9.17) is 4.74 Å². The molecule has 0 aromatic heterocycles. The van der Waals surface area contributed by atoms with Crippen LogP contribution in [0.3, 0.4) is 0 Å². The van der Waals surface area contributed by atoms with Crippen molar-refractivity contribution < 1.29 is 14.6 Å². The van der Waals surface area contributed by atoms with E-state index in [0.717, 1.165) is 32.7 Å². The van der Waals surface area contributed by atoms with Gasteiger partial charge >= 0.3 is 6.09 Å². The number of aliphatic hydroxyl groups excluding tert-OH is 1. The number of fused-ring (bicyclic) bond motifs is 7. The maximum absolute atomic E-state index is 13.1. The zero-order valence-electron chi connectivity index (χ0n) is 17.2. The number of nitrogens with zero attached hydrogens (tertiary/aromatic N) is 1. The number of benzene rings is 4. The third-order valence-electron chi connectivity index (χ3n) is 5.49. The summed E-state index contributed by atoms with van der Waals surface area (Å²) in [5.41, 5.74) is 2.59. The highest BCUT2D eigenvalue weighted by molar-refractivity contribution is 6.14. The molecular formula is C26H23NO3. The molecule has 0 spiro atoms. The fourth-order valence-electron chi connectivity index (χ4n) is 4.29. The Morgan fingerprint density at radius 2 is 1.40 bits per heavy atom. The van der Waals surface area contributed by atoms with Crippen LogP contribution in [0.25, 0.3) is 32.7 Å². The van der Waals surface area contributed by atoms with E-state index in [1.807, 2.05) is 69.3 Å². The largest absolute Gasteiger partial charge is 0.443 e. The quantitative estimate of drug-likeness (QED) is 0.373. The smallest absolute Gasteiger partial charge is 0.417 e. The number of anilines is 1. The van der Waals surface area contributed by atoms with Crippen LogP contribution in [0, 0.1) is 0 Å². The third kappa shape index (κ3) is 2.84. The second-order valence-electron chi connectivity index (χ2n) is 8.66. The van der Waals surface area contributed by atoms with Gasteiger partial charge in [0.2, 0.25) is 0 Å². The van der Waals surface area contributed by atoms with Crippen molar-refractivity contribution in [1.29, 1.82) is 0 Å². The fraction of sp³-hybridized carbons (Fsp3) is 0.192. The molecule has 0 saturated heterocycles. The first-order chi connectivity index (χ1) is 14.3. The van der Waals surface area contributed by atoms with Crippen LogP contribution in [0.5, 0.6) is 0 Å². The lowest BCUT2D eigenvalue weighted by Crippen LogP contribution is -2.41. The molecule has 1 heterocycles. The average Bonchev–Trinajstić information content (AvgIpc) is 2.71. The number of hydrogen-bond acceptors (Lipinski definition) is 3. The van der Waals surface area contributed by atoms with Gasteiger partial charge in [-0.15, -0.1) is 0 Å². The van der Waals surface area contributed by atoms with Crippen LogP contribution in [0.15, 0.2) is 72.8 Å². The SMILES string of the molecule is CC(C)(C)OC(=O)N1c2ccc3ccccc3c2-c2c(ccc3ccccc23)C1O. The van der Waals surface area contributed by atoms with Crippen molar-refractivity contribution >= 4 is 33.3 Å². The lowest BCUT2D eigenvalue weighted by atomic mass is 9.85. The number of hydrogen-bond donors (Lipinski definition) is 1. The lowest BCUT2D eigenvalue weighted by molar-refractivity contribution is 0.0470. The topological polar surface area (TPSA) is 49.8 Å². The number of aliphatic hydroxyl groups is 1. The molecule has 0 aliphatic carbocycles. The summed E-state index contributed by atoms with van der Waals surface area (Å²) < 4.78 is 5.65. The van der Waals surface area contributed by atoms with Gasteiger partial charge in [0.05, 0.1) is 5.69 Å². The molecule has 0 radical (unpaired) electrons. The molecule has 5 rings (SSSR count). The van der Waals surface area contributed by atoms with Gasteiger partial charge in [0.15, 0.2) is 6.23 Å². The molecule has 150 valence electrons. The minimum absolute atomic E-state index is 0.565. The molecule has 0 bridgehead atoms. The Labute approximate surface area is 175 Å². The van der Waals surface area contributed by atoms with Crippen molar-refractivity contribution in [1.82, 2.24) is 0 Å². The van der Waals surface area contributed by atoms with E-state index in [0.29, 0.717) is 11.3 Å². The minimum Gasteiger partial charge on any atom is -0.443 e. The van der Waals surface area contributed by atoms with Crippen molar-refractivity contribution in [3.63, 3.8) is 0 Å². The van der Waals surface area contributed by atoms with Gasteiger partial charge in [0.25, 0.3) is 0 Å². The Kier molecular flexibility index (Phi) is 4.09. The van der Waals surface area contributed by atoms with E-state index < -0.39 is 17.9 Å². The van der Waals surface area contributed by atoms with Crippen LogP contribution in [-0.2, 0) is 4.74 Å². The second kappa shape index (κ2) is 6.57. The molecule has 1 N–H and O–H groups in total. The highest BCUT2D eigenvalue weighted by atomic mass is 16.6. The molecule has 1 aliphatic rings. The average molecular weight is 397 g/mol. The van der Waals surface area contributed by atoms with Crippen molar-refractivity contribution in [2.75, 3.05) is 4.90 Å². The predicted molar refractivity (Wildman–Crippen MR) is 121 cm³/mol. The Morgan fingerprint density at radius 3 is 2.03 bits per heavy atom. The highest BCUT2D eigenvalue weighted by Gasteiger charge is 2.37. The molecule has 1 aliphatic heterocycles. The summed E-state index contributed by atoms with van der Waals surface area (Å²) in [5, 5.41) is 15.5. The fourth-order valence-corrected chi connectivity index (χ4v) is 4.29. The van der Waals surface area contributed by atoms with Gasteiger partial charge in [-0.3, -0.25) is 0 Å². The van der Waals surface area contributed by atoms with E-state index in [2.05, 4.69) is 24.3 Å². The van der Waals surface area contributed by atoms with Crippen molar-refractivity contribution in [3.05, 3.63) is 78.4 Å². The molecular weight excluding hydrogens is 374 g/mol. The summed E-state index contributed by atoms with van der Waals surface area (Å²) in [4.78, 5) is 14.5. The van der Waals surface area contributed by atoms with Crippen LogP contribution < -0.4 is 4.90 Å². The lowest BCUT2D eigenvalue weighted by Gasteiger charge is -2.37. The van der Waals surface area contributed by atoms with E-state index in [1.54, 1.807) is 0 Å². The number of amides is 1. The third-order valence-corrected chi connectivity index (χ3v) is 5.49. The van der Waals surface area contributed by atoms with E-state index >= 15 is 0 Å². The molecule has 4 heteroatoms. The molecule has 1 amide bonds. The first kappa shape index (κ1) is 18.6. The number of ether oxygens (including phenoxy) is 1. The Balaban J connectivity index is 1.86. The van der Waals surface area contributed by atoms with Gasteiger partial charge in [-0.2, -0.15) is 0 Å². The summed E-state index contributed by atoms with van der Waals surface area (Å²) in [7, 11) is 0. The molecule has 4 nitrogen and oxygen atoms in total. The van der Waals surface area contributed by atoms with E-state index in [-0.39, 0.29) is 0 Å². The Morgan fingerprint density at radius 1 is 0.833 bits per heavy atom. The molecule has 4 aromatic rings. The van der Waals surface area contributed by atoms with Crippen LogP contribution in [0.4, 0.5) is 10.5 Å². The summed E-state index contributed by atoms with van der Waals surface area (Å²) >= 11 is 0. The minimum atomic E-state index is -1.13. The van der Waals surface area contributed by atoms with Crippen LogP contribution >= 0.6 is 0 Å². The number of rotatable bonds is 0. The maximum Gasteiger partial charge on any atom is 0.417 e.